The van der Waals surface area contributed by atoms with Crippen molar-refractivity contribution in [3.8, 4) is 0 Å². The van der Waals surface area contributed by atoms with E-state index in [0.717, 1.165) is 12.7 Å². The summed E-state index contributed by atoms with van der Waals surface area (Å²) in [5, 5.41) is 9.10. The maximum atomic E-state index is 9.96. The Kier molecular flexibility index (Phi) is 5.16. The van der Waals surface area contributed by atoms with Crippen molar-refractivity contribution < 1.29 is 9.90 Å². The molecule has 0 aromatic heterocycles. The van der Waals surface area contributed by atoms with Crippen LogP contribution in [-0.2, 0) is 4.79 Å². The van der Waals surface area contributed by atoms with E-state index in [2.05, 4.69) is 0 Å². The Morgan fingerprint density at radius 2 is 2.30 bits per heavy atom. The van der Waals surface area contributed by atoms with Crippen LogP contribution in [0.1, 0.15) is 13.3 Å². The zero-order valence-electron chi connectivity index (χ0n) is 6.58. The molecule has 0 bridgehead atoms. The van der Waals surface area contributed by atoms with E-state index in [1.165, 1.54) is 0 Å². The molecule has 3 heteroatoms. The Labute approximate surface area is 61.6 Å². The minimum absolute atomic E-state index is 0.301. The first kappa shape index (κ1) is 9.59. The number of hydrogen-bond donors (Lipinski definition) is 1. The van der Waals surface area contributed by atoms with E-state index in [0.29, 0.717) is 13.1 Å². The largest absolute Gasteiger partial charge is 0.392 e. The number of hydrogen-bond acceptors (Lipinski definition) is 3. The van der Waals surface area contributed by atoms with Gasteiger partial charge in [-0.3, -0.25) is 4.90 Å². The average molecular weight is 145 g/mol. The molecular formula is C7H15NO2. The third kappa shape index (κ3) is 4.47. The molecule has 0 aliphatic rings. The van der Waals surface area contributed by atoms with Crippen molar-refractivity contribution in [3.05, 3.63) is 0 Å². The Morgan fingerprint density at radius 1 is 1.70 bits per heavy atom. The summed E-state index contributed by atoms with van der Waals surface area (Å²) in [6.45, 7) is 2.89. The van der Waals surface area contributed by atoms with E-state index in [1.54, 1.807) is 4.90 Å². The van der Waals surface area contributed by atoms with Gasteiger partial charge in [0.1, 0.15) is 6.29 Å². The maximum Gasteiger partial charge on any atom is 0.133 e. The second kappa shape index (κ2) is 5.38. The van der Waals surface area contributed by atoms with Crippen LogP contribution in [-0.4, -0.2) is 42.5 Å². The van der Waals surface area contributed by atoms with Gasteiger partial charge < -0.3 is 9.90 Å². The molecule has 1 unspecified atom stereocenters. The molecule has 0 saturated carbocycles. The van der Waals surface area contributed by atoms with Gasteiger partial charge in [0, 0.05) is 6.54 Å². The van der Waals surface area contributed by atoms with Gasteiger partial charge in [-0.25, -0.2) is 0 Å². The zero-order valence-corrected chi connectivity index (χ0v) is 6.58. The standard InChI is InChI=1S/C7H15NO2/c1-3-7(10)6-8(2)4-5-9/h5,7,10H,3-4,6H2,1-2H3. The summed E-state index contributed by atoms with van der Waals surface area (Å²) in [5.74, 6) is 0. The Morgan fingerprint density at radius 3 is 2.70 bits per heavy atom. The third-order valence-corrected chi connectivity index (χ3v) is 1.38. The van der Waals surface area contributed by atoms with Crippen molar-refractivity contribution in [3.63, 3.8) is 0 Å². The lowest BCUT2D eigenvalue weighted by Gasteiger charge is -2.16. The molecule has 1 atom stereocenters. The summed E-state index contributed by atoms with van der Waals surface area (Å²) < 4.78 is 0. The lowest BCUT2D eigenvalue weighted by atomic mass is 10.3. The highest BCUT2D eigenvalue weighted by atomic mass is 16.3. The molecule has 3 nitrogen and oxygen atoms in total. The highest BCUT2D eigenvalue weighted by Crippen LogP contribution is 1.91. The van der Waals surface area contributed by atoms with Gasteiger partial charge >= 0.3 is 0 Å². The fraction of sp³-hybridized carbons (Fsp3) is 0.857. The highest BCUT2D eigenvalue weighted by molar-refractivity contribution is 5.51. The second-order valence-electron chi connectivity index (χ2n) is 2.45. The monoisotopic (exact) mass is 145 g/mol. The molecular weight excluding hydrogens is 130 g/mol. The minimum atomic E-state index is -0.301. The van der Waals surface area contributed by atoms with Crippen molar-refractivity contribution >= 4 is 6.29 Å². The molecule has 0 spiro atoms. The lowest BCUT2D eigenvalue weighted by Crippen LogP contribution is -2.29. The molecule has 0 fully saturated rings. The van der Waals surface area contributed by atoms with Gasteiger partial charge in [0.05, 0.1) is 12.6 Å². The van der Waals surface area contributed by atoms with Crippen LogP contribution < -0.4 is 0 Å². The SMILES string of the molecule is CCC(O)CN(C)CC=O. The minimum Gasteiger partial charge on any atom is -0.392 e. The van der Waals surface area contributed by atoms with E-state index in [1.807, 2.05) is 14.0 Å². The quantitative estimate of drug-likeness (QED) is 0.549. The van der Waals surface area contributed by atoms with Crippen LogP contribution in [0.25, 0.3) is 0 Å². The van der Waals surface area contributed by atoms with Gasteiger partial charge in [-0.05, 0) is 13.5 Å². The van der Waals surface area contributed by atoms with Gasteiger partial charge in [0.2, 0.25) is 0 Å². The molecule has 0 radical (unpaired) electrons. The van der Waals surface area contributed by atoms with Crippen molar-refractivity contribution in [1.29, 1.82) is 0 Å². The molecule has 0 aliphatic carbocycles. The fourth-order valence-corrected chi connectivity index (χ4v) is 0.691. The molecule has 1 N–H and O–H groups in total. The average Bonchev–Trinajstić information content (AvgIpc) is 1.88. The summed E-state index contributed by atoms with van der Waals surface area (Å²) >= 11 is 0. The van der Waals surface area contributed by atoms with Crippen LogP contribution in [0.2, 0.25) is 0 Å². The molecule has 0 saturated heterocycles. The molecule has 0 aromatic rings. The number of carbonyl (C=O) groups is 1. The van der Waals surface area contributed by atoms with Gasteiger partial charge in [-0.15, -0.1) is 0 Å². The molecule has 10 heavy (non-hydrogen) atoms. The summed E-state index contributed by atoms with van der Waals surface area (Å²) in [7, 11) is 1.81. The fourth-order valence-electron chi connectivity index (χ4n) is 0.691. The number of aldehydes is 1. The predicted octanol–water partition coefficient (Wildman–Crippen LogP) is -0.112. The summed E-state index contributed by atoms with van der Waals surface area (Å²) in [4.78, 5) is 11.8. The predicted molar refractivity (Wildman–Crippen MR) is 39.9 cm³/mol. The summed E-state index contributed by atoms with van der Waals surface area (Å²) in [5.41, 5.74) is 0. The van der Waals surface area contributed by atoms with Crippen molar-refractivity contribution in [1.82, 2.24) is 4.90 Å². The van der Waals surface area contributed by atoms with Crippen LogP contribution in [0, 0.1) is 0 Å². The normalized spacial score (nSPS) is 13.6. The molecule has 0 amide bonds. The van der Waals surface area contributed by atoms with Gasteiger partial charge in [0.15, 0.2) is 0 Å². The van der Waals surface area contributed by atoms with Crippen LogP contribution in [0.5, 0.6) is 0 Å². The number of likely N-dealkylation sites (N-methyl/N-ethyl adjacent to an activating group) is 1. The number of aliphatic hydroxyl groups is 1. The van der Waals surface area contributed by atoms with E-state index in [-0.39, 0.29) is 6.10 Å². The molecule has 60 valence electrons. The second-order valence-corrected chi connectivity index (χ2v) is 2.45. The number of carbonyl (C=O) groups excluding carboxylic acids is 1. The van der Waals surface area contributed by atoms with E-state index in [4.69, 9.17) is 5.11 Å². The Hall–Kier alpha value is -0.410. The Balaban J connectivity index is 3.35. The zero-order chi connectivity index (χ0) is 7.98. The molecule has 0 rings (SSSR count). The van der Waals surface area contributed by atoms with Gasteiger partial charge in [-0.2, -0.15) is 0 Å². The first-order chi connectivity index (χ1) is 4.70. The summed E-state index contributed by atoms with van der Waals surface area (Å²) in [6.07, 6.45) is 1.27. The molecule has 0 heterocycles. The van der Waals surface area contributed by atoms with Crippen LogP contribution in [0.4, 0.5) is 0 Å². The first-order valence-corrected chi connectivity index (χ1v) is 3.51. The van der Waals surface area contributed by atoms with Crippen LogP contribution >= 0.6 is 0 Å². The number of nitrogens with zero attached hydrogens (tertiary/aromatic N) is 1. The number of aliphatic hydroxyl groups excluding tert-OH is 1. The summed E-state index contributed by atoms with van der Waals surface area (Å²) in [6, 6.07) is 0. The van der Waals surface area contributed by atoms with Gasteiger partial charge in [-0.1, -0.05) is 6.92 Å². The van der Waals surface area contributed by atoms with E-state index >= 15 is 0 Å². The van der Waals surface area contributed by atoms with Crippen LogP contribution in [0.3, 0.4) is 0 Å². The van der Waals surface area contributed by atoms with E-state index in [9.17, 15) is 4.79 Å². The van der Waals surface area contributed by atoms with Gasteiger partial charge in [0.25, 0.3) is 0 Å². The van der Waals surface area contributed by atoms with Crippen LogP contribution in [0.15, 0.2) is 0 Å². The lowest BCUT2D eigenvalue weighted by molar-refractivity contribution is -0.108. The van der Waals surface area contributed by atoms with E-state index < -0.39 is 0 Å². The first-order valence-electron chi connectivity index (χ1n) is 3.51. The Bertz CT molecular complexity index is 95.6. The van der Waals surface area contributed by atoms with Crippen molar-refractivity contribution in [2.45, 2.75) is 19.4 Å². The third-order valence-electron chi connectivity index (χ3n) is 1.38. The van der Waals surface area contributed by atoms with Crippen molar-refractivity contribution in [2.24, 2.45) is 0 Å². The van der Waals surface area contributed by atoms with Crippen molar-refractivity contribution in [2.75, 3.05) is 20.1 Å². The highest BCUT2D eigenvalue weighted by Gasteiger charge is 2.03. The maximum absolute atomic E-state index is 9.96. The topological polar surface area (TPSA) is 40.5 Å². The smallest absolute Gasteiger partial charge is 0.133 e. The molecule has 0 aromatic carbocycles. The number of rotatable bonds is 5. The molecule has 0 aliphatic heterocycles.